The Morgan fingerprint density at radius 1 is 1.21 bits per heavy atom. The van der Waals surface area contributed by atoms with Crippen molar-refractivity contribution in [2.45, 2.75) is 12.8 Å². The number of piperidine rings is 1. The molecule has 2 aromatic rings. The second kappa shape index (κ2) is 9.82. The van der Waals surface area contributed by atoms with Crippen LogP contribution in [0.25, 0.3) is 6.08 Å². The zero-order chi connectivity index (χ0) is 20.6. The van der Waals surface area contributed by atoms with E-state index in [1.165, 1.54) is 12.3 Å². The third kappa shape index (κ3) is 5.64. The number of allylic oxidation sites excluding steroid dienone is 1. The van der Waals surface area contributed by atoms with Gasteiger partial charge in [-0.25, -0.2) is 4.98 Å². The van der Waals surface area contributed by atoms with Gasteiger partial charge in [0.2, 0.25) is 5.91 Å². The van der Waals surface area contributed by atoms with E-state index in [2.05, 4.69) is 20.9 Å². The van der Waals surface area contributed by atoms with Gasteiger partial charge in [-0.3, -0.25) is 9.59 Å². The predicted molar refractivity (Wildman–Crippen MR) is 113 cm³/mol. The quantitative estimate of drug-likeness (QED) is 0.655. The Morgan fingerprint density at radius 2 is 2.00 bits per heavy atom. The van der Waals surface area contributed by atoms with Crippen molar-refractivity contribution in [1.29, 1.82) is 5.26 Å². The van der Waals surface area contributed by atoms with E-state index in [4.69, 9.17) is 16.9 Å². The van der Waals surface area contributed by atoms with Gasteiger partial charge in [-0.15, -0.1) is 0 Å². The molecular weight excluding hydrogens is 390 g/mol. The van der Waals surface area contributed by atoms with Crippen LogP contribution in [0, 0.1) is 17.2 Å². The molecule has 0 atom stereocenters. The standard InChI is InChI=1S/C21H20ClN5O2/c22-16-4-6-19(25-13-16)27-21(29)17-12-14(2-1-9-23)3-5-18(17)26-20(28)15-7-10-24-11-8-15/h1-6,12-13,15,24H,7-8,10-11H2,(H,26,28)(H,25,27,29). The maximum Gasteiger partial charge on any atom is 0.258 e. The summed E-state index contributed by atoms with van der Waals surface area (Å²) in [6.07, 6.45) is 5.86. The number of nitriles is 1. The van der Waals surface area contributed by atoms with Gasteiger partial charge in [0.15, 0.2) is 0 Å². The molecule has 2 heterocycles. The number of nitrogens with zero attached hydrogens (tertiary/aromatic N) is 2. The number of rotatable bonds is 5. The average Bonchev–Trinajstić information content (AvgIpc) is 2.75. The predicted octanol–water partition coefficient (Wildman–Crippen LogP) is 3.46. The molecule has 2 amide bonds. The van der Waals surface area contributed by atoms with Crippen LogP contribution < -0.4 is 16.0 Å². The molecule has 8 heteroatoms. The first kappa shape index (κ1) is 20.5. The molecule has 148 valence electrons. The van der Waals surface area contributed by atoms with E-state index in [9.17, 15) is 9.59 Å². The van der Waals surface area contributed by atoms with Crippen LogP contribution in [-0.2, 0) is 4.79 Å². The molecular formula is C21H20ClN5O2. The van der Waals surface area contributed by atoms with Crippen molar-refractivity contribution in [3.8, 4) is 6.07 Å². The number of nitrogens with one attached hydrogen (secondary N) is 3. The molecule has 0 radical (unpaired) electrons. The number of halogens is 1. The first-order valence-corrected chi connectivity index (χ1v) is 9.59. The zero-order valence-electron chi connectivity index (χ0n) is 15.6. The van der Waals surface area contributed by atoms with Crippen LogP contribution in [0.1, 0.15) is 28.8 Å². The van der Waals surface area contributed by atoms with Crippen LogP contribution >= 0.6 is 11.6 Å². The van der Waals surface area contributed by atoms with Gasteiger partial charge in [0.1, 0.15) is 5.82 Å². The van der Waals surface area contributed by atoms with Gasteiger partial charge in [-0.05, 0) is 61.8 Å². The highest BCUT2D eigenvalue weighted by atomic mass is 35.5. The van der Waals surface area contributed by atoms with E-state index >= 15 is 0 Å². The summed E-state index contributed by atoms with van der Waals surface area (Å²) in [5, 5.41) is 18.0. The Kier molecular flexibility index (Phi) is 6.95. The lowest BCUT2D eigenvalue weighted by molar-refractivity contribution is -0.120. The van der Waals surface area contributed by atoms with Crippen molar-refractivity contribution < 1.29 is 9.59 Å². The first-order chi connectivity index (χ1) is 14.1. The SMILES string of the molecule is N#CC=Cc1ccc(NC(=O)C2CCNCC2)c(C(=O)Nc2ccc(Cl)cn2)c1. The van der Waals surface area contributed by atoms with E-state index in [1.54, 1.807) is 36.4 Å². The third-order valence-corrected chi connectivity index (χ3v) is 4.80. The summed E-state index contributed by atoms with van der Waals surface area (Å²) in [5.41, 5.74) is 1.36. The van der Waals surface area contributed by atoms with E-state index < -0.39 is 5.91 Å². The fraction of sp³-hybridized carbons (Fsp3) is 0.238. The first-order valence-electron chi connectivity index (χ1n) is 9.21. The topological polar surface area (TPSA) is 107 Å². The highest BCUT2D eigenvalue weighted by Gasteiger charge is 2.23. The molecule has 3 N–H and O–H groups in total. The van der Waals surface area contributed by atoms with Crippen LogP contribution in [0.3, 0.4) is 0 Å². The minimum Gasteiger partial charge on any atom is -0.325 e. The average molecular weight is 410 g/mol. The number of aromatic nitrogens is 1. The van der Waals surface area contributed by atoms with Crippen LogP contribution in [0.2, 0.25) is 5.02 Å². The summed E-state index contributed by atoms with van der Waals surface area (Å²) < 4.78 is 0. The van der Waals surface area contributed by atoms with Crippen LogP contribution in [0.15, 0.2) is 42.6 Å². The number of pyridine rings is 1. The van der Waals surface area contributed by atoms with Crippen molar-refractivity contribution >= 4 is 41.0 Å². The smallest absolute Gasteiger partial charge is 0.258 e. The number of benzene rings is 1. The van der Waals surface area contributed by atoms with E-state index in [1.807, 2.05) is 6.07 Å². The highest BCUT2D eigenvalue weighted by molar-refractivity contribution is 6.30. The Hall–Kier alpha value is -3.21. The van der Waals surface area contributed by atoms with Crippen molar-refractivity contribution in [2.24, 2.45) is 5.92 Å². The molecule has 1 fully saturated rings. The summed E-state index contributed by atoms with van der Waals surface area (Å²) >= 11 is 5.83. The zero-order valence-corrected chi connectivity index (χ0v) is 16.4. The lowest BCUT2D eigenvalue weighted by Crippen LogP contribution is -2.35. The van der Waals surface area contributed by atoms with Crippen molar-refractivity contribution in [2.75, 3.05) is 23.7 Å². The molecule has 1 aromatic heterocycles. The highest BCUT2D eigenvalue weighted by Crippen LogP contribution is 2.23. The van der Waals surface area contributed by atoms with E-state index in [-0.39, 0.29) is 17.4 Å². The van der Waals surface area contributed by atoms with E-state index in [0.29, 0.717) is 22.1 Å². The Labute approximate surface area is 173 Å². The van der Waals surface area contributed by atoms with Gasteiger partial charge < -0.3 is 16.0 Å². The molecule has 1 aliphatic rings. The molecule has 0 unspecified atom stereocenters. The fourth-order valence-corrected chi connectivity index (χ4v) is 3.16. The van der Waals surface area contributed by atoms with E-state index in [0.717, 1.165) is 25.9 Å². The molecule has 1 aliphatic heterocycles. The van der Waals surface area contributed by atoms with Gasteiger partial charge in [-0.2, -0.15) is 5.26 Å². The molecule has 0 bridgehead atoms. The fourth-order valence-electron chi connectivity index (χ4n) is 3.05. The molecule has 0 aliphatic carbocycles. The molecule has 0 saturated carbocycles. The van der Waals surface area contributed by atoms with Gasteiger partial charge in [-0.1, -0.05) is 17.7 Å². The van der Waals surface area contributed by atoms with Gasteiger partial charge in [0.25, 0.3) is 5.91 Å². The number of amides is 2. The van der Waals surface area contributed by atoms with Crippen LogP contribution in [0.5, 0.6) is 0 Å². The Morgan fingerprint density at radius 3 is 2.69 bits per heavy atom. The summed E-state index contributed by atoms with van der Waals surface area (Å²) in [6.45, 7) is 1.59. The molecule has 1 aromatic carbocycles. The van der Waals surface area contributed by atoms with Gasteiger partial charge >= 0.3 is 0 Å². The summed E-state index contributed by atoms with van der Waals surface area (Å²) in [5.74, 6) is -0.283. The lowest BCUT2D eigenvalue weighted by atomic mass is 9.97. The number of hydrogen-bond donors (Lipinski definition) is 3. The summed E-state index contributed by atoms with van der Waals surface area (Å²) in [4.78, 5) is 29.6. The van der Waals surface area contributed by atoms with Crippen molar-refractivity contribution in [1.82, 2.24) is 10.3 Å². The Balaban J connectivity index is 1.85. The molecule has 29 heavy (non-hydrogen) atoms. The Bertz CT molecular complexity index is 960. The second-order valence-corrected chi connectivity index (χ2v) is 7.03. The molecule has 7 nitrogen and oxygen atoms in total. The van der Waals surface area contributed by atoms with Crippen LogP contribution in [0.4, 0.5) is 11.5 Å². The minimum absolute atomic E-state index is 0.0942. The lowest BCUT2D eigenvalue weighted by Gasteiger charge is -2.22. The largest absolute Gasteiger partial charge is 0.325 e. The minimum atomic E-state index is -0.423. The molecule has 3 rings (SSSR count). The van der Waals surface area contributed by atoms with Crippen LogP contribution in [-0.4, -0.2) is 29.9 Å². The van der Waals surface area contributed by atoms with Crippen molar-refractivity contribution in [3.63, 3.8) is 0 Å². The third-order valence-electron chi connectivity index (χ3n) is 4.58. The maximum absolute atomic E-state index is 12.9. The van der Waals surface area contributed by atoms with Gasteiger partial charge in [0, 0.05) is 18.2 Å². The number of carbonyl (C=O) groups excluding carboxylic acids is 2. The summed E-state index contributed by atoms with van der Waals surface area (Å²) in [7, 11) is 0. The second-order valence-electron chi connectivity index (χ2n) is 6.60. The van der Waals surface area contributed by atoms with Crippen molar-refractivity contribution in [3.05, 3.63) is 58.8 Å². The maximum atomic E-state index is 12.9. The molecule has 0 spiro atoms. The molecule has 1 saturated heterocycles. The summed E-state index contributed by atoms with van der Waals surface area (Å²) in [6, 6.07) is 10.2. The normalized spacial score (nSPS) is 14.3. The van der Waals surface area contributed by atoms with Gasteiger partial charge in [0.05, 0.1) is 22.3 Å². The number of anilines is 2. The number of hydrogen-bond acceptors (Lipinski definition) is 5. The monoisotopic (exact) mass is 409 g/mol. The number of carbonyl (C=O) groups is 2.